The van der Waals surface area contributed by atoms with E-state index in [1.54, 1.807) is 11.1 Å². The van der Waals surface area contributed by atoms with Crippen LogP contribution in [0.4, 0.5) is 0 Å². The van der Waals surface area contributed by atoms with E-state index in [1.807, 2.05) is 0 Å². The van der Waals surface area contributed by atoms with Gasteiger partial charge in [-0.05, 0) is 55.7 Å². The molecule has 1 aromatic rings. The predicted molar refractivity (Wildman–Crippen MR) is 146 cm³/mol. The summed E-state index contributed by atoms with van der Waals surface area (Å²) in [6.07, 6.45) is 27.7. The number of hydrogen-bond donors (Lipinski definition) is 0. The molecule has 1 atom stereocenters. The highest BCUT2D eigenvalue weighted by Crippen LogP contribution is 2.24. The van der Waals surface area contributed by atoms with Crippen molar-refractivity contribution < 1.29 is 4.57 Å². The molecular formula is C30H54OP+. The average Bonchev–Trinajstić information content (AvgIpc) is 2.81. The fourth-order valence-electron chi connectivity index (χ4n) is 4.93. The maximum absolute atomic E-state index is 12.0. The fraction of sp³-hybridized carbons (Fsp3) is 0.800. The molecule has 1 unspecified atom stereocenters. The van der Waals surface area contributed by atoms with Crippen molar-refractivity contribution in [3.63, 3.8) is 0 Å². The zero-order valence-corrected chi connectivity index (χ0v) is 22.9. The zero-order valence-electron chi connectivity index (χ0n) is 21.9. The van der Waals surface area contributed by atoms with Crippen LogP contribution in [0.15, 0.2) is 12.1 Å². The van der Waals surface area contributed by atoms with Crippen molar-refractivity contribution in [3.8, 4) is 0 Å². The van der Waals surface area contributed by atoms with Crippen molar-refractivity contribution >= 4 is 13.8 Å². The van der Waals surface area contributed by atoms with Crippen molar-refractivity contribution in [1.82, 2.24) is 0 Å². The quantitative estimate of drug-likeness (QED) is 0.124. The summed E-state index contributed by atoms with van der Waals surface area (Å²) < 4.78 is 12.0. The van der Waals surface area contributed by atoms with Gasteiger partial charge in [0, 0.05) is 5.56 Å². The van der Waals surface area contributed by atoms with Gasteiger partial charge in [-0.25, -0.2) is 0 Å². The minimum absolute atomic E-state index is 0.309. The molecule has 0 spiro atoms. The lowest BCUT2D eigenvalue weighted by molar-refractivity contribution is 0.592. The summed E-state index contributed by atoms with van der Waals surface area (Å²) in [7, 11) is -0.309. The Hall–Kier alpha value is -0.680. The molecule has 0 radical (unpaired) electrons. The molecule has 0 saturated carbocycles. The second kappa shape index (κ2) is 20.9. The molecule has 0 bridgehead atoms. The van der Waals surface area contributed by atoms with Gasteiger partial charge in [-0.2, -0.15) is 0 Å². The monoisotopic (exact) mass is 461 g/mol. The average molecular weight is 462 g/mol. The van der Waals surface area contributed by atoms with Crippen molar-refractivity contribution in [2.24, 2.45) is 0 Å². The smallest absolute Gasteiger partial charge is 0.0707 e. The molecule has 184 valence electrons. The lowest BCUT2D eigenvalue weighted by Crippen LogP contribution is -2.11. The van der Waals surface area contributed by atoms with Gasteiger partial charge in [0.25, 0.3) is 0 Å². The van der Waals surface area contributed by atoms with Crippen LogP contribution >= 0.6 is 8.46 Å². The van der Waals surface area contributed by atoms with Crippen LogP contribution in [-0.2, 0) is 23.8 Å². The number of benzene rings is 1. The lowest BCUT2D eigenvalue weighted by Gasteiger charge is -2.15. The van der Waals surface area contributed by atoms with Gasteiger partial charge in [-0.15, -0.1) is 0 Å². The molecule has 1 rings (SSSR count). The molecule has 2 heteroatoms. The first kappa shape index (κ1) is 29.4. The number of aryl methyl sites for hydroxylation is 1. The van der Waals surface area contributed by atoms with E-state index in [-0.39, 0.29) is 8.46 Å². The minimum atomic E-state index is -0.309. The number of unbranched alkanes of at least 4 members (excludes halogenated alkanes) is 15. The second-order valence-electron chi connectivity index (χ2n) is 9.88. The zero-order chi connectivity index (χ0) is 23.3. The summed E-state index contributed by atoms with van der Waals surface area (Å²) in [6.45, 7) is 6.86. The van der Waals surface area contributed by atoms with Crippen LogP contribution in [-0.4, -0.2) is 0 Å². The molecule has 0 aliphatic carbocycles. The summed E-state index contributed by atoms with van der Waals surface area (Å²) in [4.78, 5) is 0. The first-order chi connectivity index (χ1) is 15.8. The molecule has 0 N–H and O–H groups in total. The normalized spacial score (nSPS) is 11.5. The third kappa shape index (κ3) is 13.1. The largest absolute Gasteiger partial charge is 0.363 e. The summed E-state index contributed by atoms with van der Waals surface area (Å²) in [6, 6.07) is 4.51. The third-order valence-electron chi connectivity index (χ3n) is 7.00. The van der Waals surface area contributed by atoms with E-state index in [9.17, 15) is 4.57 Å². The lowest BCUT2D eigenvalue weighted by atomic mass is 9.90. The Bertz CT molecular complexity index is 580. The van der Waals surface area contributed by atoms with E-state index in [0.29, 0.717) is 0 Å². The van der Waals surface area contributed by atoms with Crippen molar-refractivity contribution in [2.45, 2.75) is 156 Å². The van der Waals surface area contributed by atoms with Gasteiger partial charge in [0.05, 0.1) is 0 Å². The standard InChI is InChI=1S/C30H53OP/c1-4-7-10-13-16-19-22-27-25-26-30(32-31)29(24-21-18-15-12-9-6-3)28(27)23-20-17-14-11-8-5-2/h25-26H,4-24H2,1-3H3/p+1. The van der Waals surface area contributed by atoms with E-state index in [0.717, 1.165) is 11.7 Å². The van der Waals surface area contributed by atoms with Crippen LogP contribution in [0.3, 0.4) is 0 Å². The van der Waals surface area contributed by atoms with Crippen molar-refractivity contribution in [2.75, 3.05) is 0 Å². The highest BCUT2D eigenvalue weighted by molar-refractivity contribution is 7.34. The summed E-state index contributed by atoms with van der Waals surface area (Å²) in [5, 5.41) is 1.12. The Labute approximate surface area is 202 Å². The van der Waals surface area contributed by atoms with E-state index in [1.165, 1.54) is 134 Å². The van der Waals surface area contributed by atoms with Crippen LogP contribution in [0.25, 0.3) is 0 Å². The van der Waals surface area contributed by atoms with Gasteiger partial charge in [0.2, 0.25) is 0 Å². The SMILES string of the molecule is CCCCCCCCc1ccc([PH+]=O)c(CCCCCCCC)c1CCCCCCCC. The second-order valence-corrected chi connectivity index (χ2v) is 10.6. The first-order valence-corrected chi connectivity index (χ1v) is 15.2. The minimum Gasteiger partial charge on any atom is -0.0707 e. The van der Waals surface area contributed by atoms with Gasteiger partial charge in [-0.3, -0.25) is 0 Å². The Morgan fingerprint density at radius 3 is 1.38 bits per heavy atom. The molecule has 1 aromatic carbocycles. The molecule has 0 aromatic heterocycles. The maximum atomic E-state index is 12.0. The molecule has 0 amide bonds. The van der Waals surface area contributed by atoms with Gasteiger partial charge in [0.15, 0.2) is 5.30 Å². The molecule has 0 saturated heterocycles. The fourth-order valence-corrected chi connectivity index (χ4v) is 5.48. The van der Waals surface area contributed by atoms with Gasteiger partial charge < -0.3 is 0 Å². The van der Waals surface area contributed by atoms with Gasteiger partial charge in [0.1, 0.15) is 0 Å². The Morgan fingerprint density at radius 2 is 0.906 bits per heavy atom. The third-order valence-corrected chi connectivity index (χ3v) is 7.69. The van der Waals surface area contributed by atoms with Crippen LogP contribution in [0.5, 0.6) is 0 Å². The van der Waals surface area contributed by atoms with E-state index >= 15 is 0 Å². The molecule has 1 nitrogen and oxygen atoms in total. The molecule has 0 aliphatic rings. The van der Waals surface area contributed by atoms with Gasteiger partial charge >= 0.3 is 8.46 Å². The molecule has 0 aliphatic heterocycles. The topological polar surface area (TPSA) is 17.1 Å². The number of rotatable bonds is 22. The molecule has 32 heavy (non-hydrogen) atoms. The van der Waals surface area contributed by atoms with Crippen LogP contribution in [0.2, 0.25) is 0 Å². The first-order valence-electron chi connectivity index (χ1n) is 14.3. The molecular weight excluding hydrogens is 407 g/mol. The summed E-state index contributed by atoms with van der Waals surface area (Å²) in [5.74, 6) is 0. The maximum Gasteiger partial charge on any atom is 0.363 e. The predicted octanol–water partition coefficient (Wildman–Crippen LogP) is 10.0. The van der Waals surface area contributed by atoms with Crippen LogP contribution in [0, 0.1) is 0 Å². The van der Waals surface area contributed by atoms with E-state index < -0.39 is 0 Å². The Morgan fingerprint density at radius 1 is 0.500 bits per heavy atom. The molecule has 0 heterocycles. The highest BCUT2D eigenvalue weighted by Gasteiger charge is 2.17. The molecule has 0 fully saturated rings. The van der Waals surface area contributed by atoms with Crippen LogP contribution < -0.4 is 5.30 Å². The van der Waals surface area contributed by atoms with Gasteiger partial charge in [-0.1, -0.05) is 128 Å². The summed E-state index contributed by atoms with van der Waals surface area (Å²) in [5.41, 5.74) is 4.62. The number of hydrogen-bond acceptors (Lipinski definition) is 1. The highest BCUT2D eigenvalue weighted by atomic mass is 31.1. The summed E-state index contributed by atoms with van der Waals surface area (Å²) >= 11 is 0. The van der Waals surface area contributed by atoms with E-state index in [4.69, 9.17) is 0 Å². The Balaban J connectivity index is 2.77. The van der Waals surface area contributed by atoms with Crippen molar-refractivity contribution in [1.29, 1.82) is 0 Å². The van der Waals surface area contributed by atoms with Crippen molar-refractivity contribution in [3.05, 3.63) is 28.8 Å². The Kier molecular flexibility index (Phi) is 19.2. The van der Waals surface area contributed by atoms with E-state index in [2.05, 4.69) is 32.9 Å². The van der Waals surface area contributed by atoms with Crippen LogP contribution in [0.1, 0.15) is 153 Å².